The number of fused-ring (bicyclic) bond motifs is 1. The van der Waals surface area contributed by atoms with Crippen LogP contribution in [0.15, 0.2) is 30.6 Å². The lowest BCUT2D eigenvalue weighted by molar-refractivity contribution is -0.141. The Morgan fingerprint density at radius 1 is 1.22 bits per heavy atom. The van der Waals surface area contributed by atoms with Crippen molar-refractivity contribution in [2.24, 2.45) is 0 Å². The standard InChI is InChI=1S/C22H26F3N5O2/c1-13(12-32-2)28-21-27-11-19-17(15-7-8-26-20(9-15)22(23,24)25)10-18(30(19)29-21)14-3-5-16(31)6-4-14/h7-11,13-14,16,31H,3-6,12H2,1-2H3,(H,28,29)/t13-,14-,16-/m0/s1. The van der Waals surface area contributed by atoms with E-state index in [0.717, 1.165) is 24.6 Å². The van der Waals surface area contributed by atoms with Gasteiger partial charge in [-0.1, -0.05) is 0 Å². The molecule has 0 aromatic carbocycles. The van der Waals surface area contributed by atoms with Crippen molar-refractivity contribution < 1.29 is 23.0 Å². The molecule has 32 heavy (non-hydrogen) atoms. The molecule has 7 nitrogen and oxygen atoms in total. The number of ether oxygens (including phenoxy) is 1. The smallest absolute Gasteiger partial charge is 0.393 e. The number of hydrogen-bond donors (Lipinski definition) is 2. The van der Waals surface area contributed by atoms with Crippen molar-refractivity contribution >= 4 is 11.5 Å². The van der Waals surface area contributed by atoms with E-state index >= 15 is 0 Å². The second-order valence-electron chi connectivity index (χ2n) is 8.30. The highest BCUT2D eigenvalue weighted by molar-refractivity contribution is 5.81. The van der Waals surface area contributed by atoms with Crippen LogP contribution in [0.5, 0.6) is 0 Å². The minimum Gasteiger partial charge on any atom is -0.393 e. The van der Waals surface area contributed by atoms with Gasteiger partial charge in [0.1, 0.15) is 5.69 Å². The predicted octanol–water partition coefficient (Wildman–Crippen LogP) is 4.28. The van der Waals surface area contributed by atoms with Crippen LogP contribution in [0.2, 0.25) is 0 Å². The number of anilines is 1. The number of rotatable bonds is 6. The van der Waals surface area contributed by atoms with E-state index in [1.165, 1.54) is 6.20 Å². The minimum absolute atomic E-state index is 0.0182. The molecular formula is C22H26F3N5O2. The molecule has 0 spiro atoms. The molecule has 1 saturated carbocycles. The average molecular weight is 449 g/mol. The lowest BCUT2D eigenvalue weighted by Crippen LogP contribution is -2.23. The number of methoxy groups -OCH3 is 1. The first-order valence-electron chi connectivity index (χ1n) is 10.6. The van der Waals surface area contributed by atoms with E-state index in [4.69, 9.17) is 4.74 Å². The van der Waals surface area contributed by atoms with Crippen LogP contribution in [-0.4, -0.2) is 50.6 Å². The molecule has 0 bridgehead atoms. The Hall–Kier alpha value is -2.72. The number of pyridine rings is 1. The van der Waals surface area contributed by atoms with Gasteiger partial charge in [-0.25, -0.2) is 9.50 Å². The fraction of sp³-hybridized carbons (Fsp3) is 0.500. The summed E-state index contributed by atoms with van der Waals surface area (Å²) in [7, 11) is 1.61. The number of nitrogens with one attached hydrogen (secondary N) is 1. The number of alkyl halides is 3. The fourth-order valence-corrected chi connectivity index (χ4v) is 4.24. The van der Waals surface area contributed by atoms with Crippen LogP contribution in [0.3, 0.4) is 0 Å². The first-order valence-corrected chi connectivity index (χ1v) is 10.6. The quantitative estimate of drug-likeness (QED) is 0.585. The lowest BCUT2D eigenvalue weighted by Gasteiger charge is -2.25. The van der Waals surface area contributed by atoms with Gasteiger partial charge in [-0.05, 0) is 56.4 Å². The molecule has 1 fully saturated rings. The van der Waals surface area contributed by atoms with Crippen molar-refractivity contribution in [2.75, 3.05) is 19.0 Å². The lowest BCUT2D eigenvalue weighted by atomic mass is 9.85. The fourth-order valence-electron chi connectivity index (χ4n) is 4.24. The van der Waals surface area contributed by atoms with Crippen molar-refractivity contribution in [2.45, 2.75) is 56.8 Å². The summed E-state index contributed by atoms with van der Waals surface area (Å²) in [6.45, 7) is 2.42. The zero-order chi connectivity index (χ0) is 22.9. The van der Waals surface area contributed by atoms with Crippen LogP contribution < -0.4 is 5.32 Å². The van der Waals surface area contributed by atoms with Crippen LogP contribution >= 0.6 is 0 Å². The van der Waals surface area contributed by atoms with Gasteiger partial charge in [0.15, 0.2) is 0 Å². The summed E-state index contributed by atoms with van der Waals surface area (Å²) < 4.78 is 46.6. The van der Waals surface area contributed by atoms with Gasteiger partial charge >= 0.3 is 6.18 Å². The molecule has 0 saturated heterocycles. The van der Waals surface area contributed by atoms with E-state index in [1.807, 2.05) is 13.0 Å². The first kappa shape index (κ1) is 22.5. The van der Waals surface area contributed by atoms with Crippen LogP contribution in [0.4, 0.5) is 19.1 Å². The molecule has 0 radical (unpaired) electrons. The molecule has 0 amide bonds. The maximum Gasteiger partial charge on any atom is 0.433 e. The molecule has 1 aliphatic carbocycles. The van der Waals surface area contributed by atoms with Crippen LogP contribution in [0.25, 0.3) is 16.6 Å². The van der Waals surface area contributed by atoms with Crippen molar-refractivity contribution in [1.29, 1.82) is 0 Å². The summed E-state index contributed by atoms with van der Waals surface area (Å²) in [6.07, 6.45) is 0.879. The highest BCUT2D eigenvalue weighted by atomic mass is 19.4. The zero-order valence-electron chi connectivity index (χ0n) is 17.9. The number of aromatic nitrogens is 4. The van der Waals surface area contributed by atoms with E-state index < -0.39 is 11.9 Å². The van der Waals surface area contributed by atoms with E-state index in [2.05, 4.69) is 20.4 Å². The number of aliphatic hydroxyl groups excluding tert-OH is 1. The molecule has 3 aromatic heterocycles. The average Bonchev–Trinajstić information content (AvgIpc) is 3.13. The van der Waals surface area contributed by atoms with Gasteiger partial charge in [0.2, 0.25) is 5.95 Å². The Morgan fingerprint density at radius 2 is 1.97 bits per heavy atom. The summed E-state index contributed by atoms with van der Waals surface area (Å²) in [4.78, 5) is 7.85. The topological polar surface area (TPSA) is 84.6 Å². The Labute approximate surface area is 183 Å². The molecule has 3 aromatic rings. The highest BCUT2D eigenvalue weighted by Gasteiger charge is 2.33. The SMILES string of the molecule is COC[C@H](C)Nc1ncc2c(-c3ccnc(C(F)(F)F)c3)cc([C@H]3CC[C@H](O)CC3)n2n1. The van der Waals surface area contributed by atoms with Gasteiger partial charge in [0.25, 0.3) is 0 Å². The molecule has 2 N–H and O–H groups in total. The molecular weight excluding hydrogens is 423 g/mol. The van der Waals surface area contributed by atoms with E-state index in [-0.39, 0.29) is 18.1 Å². The van der Waals surface area contributed by atoms with Gasteiger partial charge in [-0.3, -0.25) is 4.98 Å². The predicted molar refractivity (Wildman–Crippen MR) is 113 cm³/mol. The number of hydrogen-bond acceptors (Lipinski definition) is 6. The summed E-state index contributed by atoms with van der Waals surface area (Å²) in [5.74, 6) is 0.551. The van der Waals surface area contributed by atoms with Crippen molar-refractivity contribution in [3.8, 4) is 11.1 Å². The minimum atomic E-state index is -4.53. The third-order valence-corrected chi connectivity index (χ3v) is 5.81. The molecule has 172 valence electrons. The highest BCUT2D eigenvalue weighted by Crippen LogP contribution is 2.38. The van der Waals surface area contributed by atoms with Crippen LogP contribution in [-0.2, 0) is 10.9 Å². The monoisotopic (exact) mass is 449 g/mol. The molecule has 4 rings (SSSR count). The maximum absolute atomic E-state index is 13.2. The number of halogens is 3. The summed E-state index contributed by atoms with van der Waals surface area (Å²) >= 11 is 0. The molecule has 10 heteroatoms. The normalized spacial score (nSPS) is 20.4. The van der Waals surface area contributed by atoms with Gasteiger partial charge in [-0.2, -0.15) is 13.2 Å². The molecule has 1 atom stereocenters. The van der Waals surface area contributed by atoms with E-state index in [9.17, 15) is 18.3 Å². The zero-order valence-corrected chi connectivity index (χ0v) is 17.9. The third-order valence-electron chi connectivity index (χ3n) is 5.81. The molecule has 3 heterocycles. The van der Waals surface area contributed by atoms with Crippen LogP contribution in [0, 0.1) is 0 Å². The Bertz CT molecular complexity index is 1080. The van der Waals surface area contributed by atoms with Crippen molar-refractivity contribution in [3.05, 3.63) is 42.0 Å². The second kappa shape index (κ2) is 9.03. The molecule has 1 aliphatic rings. The first-order chi connectivity index (χ1) is 15.3. The van der Waals surface area contributed by atoms with E-state index in [1.54, 1.807) is 23.9 Å². The third kappa shape index (κ3) is 4.71. The Kier molecular flexibility index (Phi) is 6.34. The molecule has 0 aliphatic heterocycles. The summed E-state index contributed by atoms with van der Waals surface area (Å²) in [5.41, 5.74) is 1.61. The van der Waals surface area contributed by atoms with Crippen molar-refractivity contribution in [1.82, 2.24) is 19.6 Å². The van der Waals surface area contributed by atoms with Crippen molar-refractivity contribution in [3.63, 3.8) is 0 Å². The number of aliphatic hydroxyl groups is 1. The number of nitrogens with zero attached hydrogens (tertiary/aromatic N) is 4. The van der Waals surface area contributed by atoms with E-state index in [0.29, 0.717) is 42.0 Å². The molecule has 0 unspecified atom stereocenters. The maximum atomic E-state index is 13.2. The summed E-state index contributed by atoms with van der Waals surface area (Å²) in [6, 6.07) is 4.49. The van der Waals surface area contributed by atoms with Gasteiger partial charge in [-0.15, -0.1) is 5.10 Å². The van der Waals surface area contributed by atoms with Gasteiger partial charge in [0.05, 0.1) is 24.4 Å². The Balaban J connectivity index is 1.80. The second-order valence-corrected chi connectivity index (χ2v) is 8.30. The Morgan fingerprint density at radius 3 is 2.66 bits per heavy atom. The summed E-state index contributed by atoms with van der Waals surface area (Å²) in [5, 5.41) is 17.7. The van der Waals surface area contributed by atoms with Crippen LogP contribution in [0.1, 0.15) is 49.9 Å². The van der Waals surface area contributed by atoms with Gasteiger partial charge in [0, 0.05) is 36.5 Å². The largest absolute Gasteiger partial charge is 0.433 e. The van der Waals surface area contributed by atoms with Gasteiger partial charge < -0.3 is 15.2 Å².